The zero-order valence-electron chi connectivity index (χ0n) is 27.2. The van der Waals surface area contributed by atoms with Crippen LogP contribution in [0.15, 0.2) is 176 Å². The van der Waals surface area contributed by atoms with Gasteiger partial charge in [-0.25, -0.2) is 0 Å². The lowest BCUT2D eigenvalue weighted by Gasteiger charge is -2.29. The maximum Gasteiger partial charge on any atom is 0.0546 e. The standard InChI is InChI=1S/C47H35N/c1-47(2)43-28-27-37(31-42(43)46-39(25-14-26-44(46)47)33-17-7-4-8-18-33)48(36-21-13-20-34(29-36)32-15-5-3-6-16-32)45-30-35-19-9-10-22-38(35)40-23-11-12-24-41(40)45/h3-31H,1-2H3. The van der Waals surface area contributed by atoms with Crippen molar-refractivity contribution in [1.82, 2.24) is 0 Å². The molecule has 1 aliphatic rings. The molecule has 0 bridgehead atoms. The molecule has 0 saturated heterocycles. The molecule has 0 unspecified atom stereocenters. The summed E-state index contributed by atoms with van der Waals surface area (Å²) in [5, 5.41) is 4.99. The molecule has 0 saturated carbocycles. The third kappa shape index (κ3) is 4.47. The molecule has 9 rings (SSSR count). The van der Waals surface area contributed by atoms with Crippen LogP contribution in [-0.2, 0) is 5.41 Å². The van der Waals surface area contributed by atoms with Crippen molar-refractivity contribution in [1.29, 1.82) is 0 Å². The minimum Gasteiger partial charge on any atom is -0.310 e. The molecule has 0 N–H and O–H groups in total. The highest BCUT2D eigenvalue weighted by Crippen LogP contribution is 2.54. The number of hydrogen-bond acceptors (Lipinski definition) is 1. The molecule has 8 aromatic rings. The van der Waals surface area contributed by atoms with Crippen LogP contribution in [-0.4, -0.2) is 0 Å². The monoisotopic (exact) mass is 613 g/mol. The Morgan fingerprint density at radius 2 is 1.02 bits per heavy atom. The smallest absolute Gasteiger partial charge is 0.0546 e. The van der Waals surface area contributed by atoms with Gasteiger partial charge in [-0.3, -0.25) is 0 Å². The topological polar surface area (TPSA) is 3.24 Å². The average Bonchev–Trinajstić information content (AvgIpc) is 3.38. The van der Waals surface area contributed by atoms with Crippen molar-refractivity contribution in [2.45, 2.75) is 19.3 Å². The predicted octanol–water partition coefficient (Wildman–Crippen LogP) is 13.1. The highest BCUT2D eigenvalue weighted by molar-refractivity contribution is 6.14. The van der Waals surface area contributed by atoms with Gasteiger partial charge in [0.15, 0.2) is 0 Å². The van der Waals surface area contributed by atoms with Crippen LogP contribution in [0.2, 0.25) is 0 Å². The second kappa shape index (κ2) is 11.1. The number of hydrogen-bond donors (Lipinski definition) is 0. The summed E-state index contributed by atoms with van der Waals surface area (Å²) in [6, 6.07) is 64.4. The van der Waals surface area contributed by atoms with Gasteiger partial charge >= 0.3 is 0 Å². The molecule has 228 valence electrons. The summed E-state index contributed by atoms with van der Waals surface area (Å²) >= 11 is 0. The SMILES string of the molecule is CC1(C)c2ccc(N(c3cccc(-c4ccccc4)c3)c3cc4ccccc4c4ccccc34)cc2-c2c(-c3ccccc3)cccc21. The minimum absolute atomic E-state index is 0.109. The molecule has 8 aromatic carbocycles. The van der Waals surface area contributed by atoms with Crippen LogP contribution in [0.1, 0.15) is 25.0 Å². The first-order chi connectivity index (χ1) is 23.6. The molecule has 0 amide bonds. The van der Waals surface area contributed by atoms with Crippen molar-refractivity contribution in [2.75, 3.05) is 4.90 Å². The van der Waals surface area contributed by atoms with Crippen molar-refractivity contribution >= 4 is 38.6 Å². The van der Waals surface area contributed by atoms with Crippen LogP contribution in [0.5, 0.6) is 0 Å². The van der Waals surface area contributed by atoms with Crippen LogP contribution < -0.4 is 4.90 Å². The van der Waals surface area contributed by atoms with E-state index in [2.05, 4.69) is 195 Å². The Hall–Kier alpha value is -5.92. The van der Waals surface area contributed by atoms with Gasteiger partial charge in [0.25, 0.3) is 0 Å². The Balaban J connectivity index is 1.33. The number of rotatable bonds is 5. The van der Waals surface area contributed by atoms with E-state index in [0.717, 1.165) is 11.4 Å². The van der Waals surface area contributed by atoms with Crippen LogP contribution >= 0.6 is 0 Å². The lowest BCUT2D eigenvalue weighted by molar-refractivity contribution is 0.660. The molecule has 0 aromatic heterocycles. The normalized spacial score (nSPS) is 13.0. The van der Waals surface area contributed by atoms with E-state index >= 15 is 0 Å². The molecule has 0 spiro atoms. The van der Waals surface area contributed by atoms with Gasteiger partial charge in [-0.15, -0.1) is 0 Å². The summed E-state index contributed by atoms with van der Waals surface area (Å²) < 4.78 is 0. The van der Waals surface area contributed by atoms with E-state index < -0.39 is 0 Å². The van der Waals surface area contributed by atoms with Gasteiger partial charge in [-0.1, -0.05) is 159 Å². The molecule has 0 atom stereocenters. The summed E-state index contributed by atoms with van der Waals surface area (Å²) in [7, 11) is 0. The van der Waals surface area contributed by atoms with Crippen molar-refractivity contribution < 1.29 is 0 Å². The van der Waals surface area contributed by atoms with Crippen molar-refractivity contribution in [2.24, 2.45) is 0 Å². The lowest BCUT2D eigenvalue weighted by atomic mass is 9.82. The first-order valence-electron chi connectivity index (χ1n) is 16.8. The lowest BCUT2D eigenvalue weighted by Crippen LogP contribution is -2.15. The van der Waals surface area contributed by atoms with E-state index in [1.54, 1.807) is 0 Å². The Kier molecular flexibility index (Phi) is 6.55. The molecule has 48 heavy (non-hydrogen) atoms. The van der Waals surface area contributed by atoms with Gasteiger partial charge < -0.3 is 4.90 Å². The summed E-state index contributed by atoms with van der Waals surface area (Å²) in [4.78, 5) is 2.47. The average molecular weight is 614 g/mol. The highest BCUT2D eigenvalue weighted by atomic mass is 15.1. The fourth-order valence-corrected chi connectivity index (χ4v) is 7.89. The molecule has 1 heteroatoms. The Morgan fingerprint density at radius 1 is 0.396 bits per heavy atom. The molecular weight excluding hydrogens is 579 g/mol. The van der Waals surface area contributed by atoms with Gasteiger partial charge in [0.05, 0.1) is 5.69 Å². The van der Waals surface area contributed by atoms with Crippen molar-refractivity contribution in [3.05, 3.63) is 187 Å². The summed E-state index contributed by atoms with van der Waals surface area (Å²) in [5.41, 5.74) is 13.7. The number of benzene rings is 8. The van der Waals surface area contributed by atoms with E-state index in [0.29, 0.717) is 0 Å². The molecule has 0 radical (unpaired) electrons. The number of nitrogens with zero attached hydrogens (tertiary/aromatic N) is 1. The van der Waals surface area contributed by atoms with Gasteiger partial charge in [-0.05, 0) is 91.0 Å². The van der Waals surface area contributed by atoms with Crippen LogP contribution in [0, 0.1) is 0 Å². The zero-order valence-corrected chi connectivity index (χ0v) is 27.2. The summed E-state index contributed by atoms with van der Waals surface area (Å²) in [5.74, 6) is 0. The minimum atomic E-state index is -0.109. The van der Waals surface area contributed by atoms with Gasteiger partial charge in [0.1, 0.15) is 0 Å². The quantitative estimate of drug-likeness (QED) is 0.175. The Bertz CT molecular complexity index is 2470. The van der Waals surface area contributed by atoms with Gasteiger partial charge in [-0.2, -0.15) is 0 Å². The third-order valence-electron chi connectivity index (χ3n) is 10.2. The molecular formula is C47H35N. The number of fused-ring (bicyclic) bond motifs is 6. The molecule has 0 aliphatic heterocycles. The van der Waals surface area contributed by atoms with E-state index in [1.807, 2.05) is 0 Å². The summed E-state index contributed by atoms with van der Waals surface area (Å²) in [6.45, 7) is 4.73. The predicted molar refractivity (Wildman–Crippen MR) is 205 cm³/mol. The first-order valence-corrected chi connectivity index (χ1v) is 16.8. The van der Waals surface area contributed by atoms with E-state index in [4.69, 9.17) is 0 Å². The Morgan fingerprint density at radius 3 is 1.81 bits per heavy atom. The largest absolute Gasteiger partial charge is 0.310 e. The fraction of sp³-hybridized carbons (Fsp3) is 0.0638. The second-order valence-electron chi connectivity index (χ2n) is 13.4. The van der Waals surface area contributed by atoms with Gasteiger partial charge in [0.2, 0.25) is 0 Å². The van der Waals surface area contributed by atoms with E-state index in [9.17, 15) is 0 Å². The van der Waals surface area contributed by atoms with Crippen molar-refractivity contribution in [3.8, 4) is 33.4 Å². The summed E-state index contributed by atoms with van der Waals surface area (Å²) in [6.07, 6.45) is 0. The molecule has 1 nitrogen and oxygen atoms in total. The second-order valence-corrected chi connectivity index (χ2v) is 13.4. The number of anilines is 3. The van der Waals surface area contributed by atoms with Crippen LogP contribution in [0.25, 0.3) is 54.9 Å². The van der Waals surface area contributed by atoms with E-state index in [-0.39, 0.29) is 5.41 Å². The third-order valence-corrected chi connectivity index (χ3v) is 10.2. The highest BCUT2D eigenvalue weighted by Gasteiger charge is 2.37. The Labute approximate surface area is 282 Å². The molecule has 1 aliphatic carbocycles. The van der Waals surface area contributed by atoms with Crippen LogP contribution in [0.4, 0.5) is 17.1 Å². The van der Waals surface area contributed by atoms with Crippen LogP contribution in [0.3, 0.4) is 0 Å². The molecule has 0 fully saturated rings. The molecule has 0 heterocycles. The van der Waals surface area contributed by atoms with E-state index in [1.165, 1.54) is 71.7 Å². The maximum atomic E-state index is 2.47. The maximum absolute atomic E-state index is 2.47. The zero-order chi connectivity index (χ0) is 32.2. The first kappa shape index (κ1) is 28.3. The fourth-order valence-electron chi connectivity index (χ4n) is 7.89. The van der Waals surface area contributed by atoms with Crippen molar-refractivity contribution in [3.63, 3.8) is 0 Å². The van der Waals surface area contributed by atoms with Gasteiger partial charge in [0, 0.05) is 22.2 Å².